The topological polar surface area (TPSA) is 104 Å². The molecule has 0 bridgehead atoms. The van der Waals surface area contributed by atoms with E-state index >= 15 is 0 Å². The molecule has 1 aromatic rings. The van der Waals surface area contributed by atoms with Gasteiger partial charge < -0.3 is 20.3 Å². The minimum atomic E-state index is -0.950. The Labute approximate surface area is 105 Å². The number of hydrogen-bond donors (Lipinski definition) is 3. The number of aryl methyl sites for hydroxylation is 2. The lowest BCUT2D eigenvalue weighted by Gasteiger charge is -2.12. The quantitative estimate of drug-likeness (QED) is 0.726. The number of aliphatic carboxylic acids is 1. The molecule has 3 N–H and O–H groups in total. The Hall–Kier alpha value is -2.05. The molecule has 1 rings (SSSR count). The molecule has 0 aliphatic heterocycles. The highest BCUT2D eigenvalue weighted by molar-refractivity contribution is 5.75. The second kappa shape index (κ2) is 6.04. The van der Waals surface area contributed by atoms with Crippen molar-refractivity contribution in [1.82, 2.24) is 15.8 Å². The van der Waals surface area contributed by atoms with Crippen LogP contribution in [0.2, 0.25) is 0 Å². The lowest BCUT2D eigenvalue weighted by Crippen LogP contribution is -2.41. The summed E-state index contributed by atoms with van der Waals surface area (Å²) >= 11 is 0. The second-order valence-electron chi connectivity index (χ2n) is 4.13. The van der Waals surface area contributed by atoms with Crippen LogP contribution in [0.15, 0.2) is 4.52 Å². The maximum absolute atomic E-state index is 11.5. The van der Waals surface area contributed by atoms with E-state index in [1.165, 1.54) is 0 Å². The van der Waals surface area contributed by atoms with Crippen molar-refractivity contribution in [3.05, 3.63) is 17.0 Å². The predicted molar refractivity (Wildman–Crippen MR) is 63.1 cm³/mol. The van der Waals surface area contributed by atoms with Crippen LogP contribution in [0, 0.1) is 13.8 Å². The molecule has 0 saturated carbocycles. The smallest absolute Gasteiger partial charge is 0.315 e. The summed E-state index contributed by atoms with van der Waals surface area (Å²) < 4.78 is 4.96. The van der Waals surface area contributed by atoms with E-state index in [0.29, 0.717) is 12.3 Å². The van der Waals surface area contributed by atoms with Crippen LogP contribution in [0.1, 0.15) is 30.4 Å². The molecular weight excluding hydrogens is 238 g/mol. The molecule has 7 heteroatoms. The van der Waals surface area contributed by atoms with Crippen LogP contribution in [-0.2, 0) is 11.3 Å². The van der Waals surface area contributed by atoms with Crippen LogP contribution in [-0.4, -0.2) is 28.3 Å². The maximum Gasteiger partial charge on any atom is 0.315 e. The molecule has 100 valence electrons. The minimum Gasteiger partial charge on any atom is -0.481 e. The number of carboxylic acid groups (broad SMARTS) is 1. The molecule has 0 fully saturated rings. The van der Waals surface area contributed by atoms with Gasteiger partial charge in [0.1, 0.15) is 5.76 Å². The van der Waals surface area contributed by atoms with Crippen molar-refractivity contribution >= 4 is 12.0 Å². The van der Waals surface area contributed by atoms with Gasteiger partial charge in [-0.15, -0.1) is 0 Å². The van der Waals surface area contributed by atoms with Gasteiger partial charge >= 0.3 is 12.0 Å². The number of carbonyl (C=O) groups excluding carboxylic acids is 1. The summed E-state index contributed by atoms with van der Waals surface area (Å²) in [6.07, 6.45) is -0.112. The fourth-order valence-electron chi connectivity index (χ4n) is 1.51. The summed E-state index contributed by atoms with van der Waals surface area (Å²) in [5.74, 6) is -0.292. The molecule has 0 saturated heterocycles. The summed E-state index contributed by atoms with van der Waals surface area (Å²) in [7, 11) is 0. The Morgan fingerprint density at radius 3 is 2.61 bits per heavy atom. The number of amides is 2. The van der Waals surface area contributed by atoms with Gasteiger partial charge in [-0.3, -0.25) is 4.79 Å². The number of carbonyl (C=O) groups is 2. The first-order valence-corrected chi connectivity index (χ1v) is 5.58. The normalized spacial score (nSPS) is 11.9. The van der Waals surface area contributed by atoms with Crippen molar-refractivity contribution in [1.29, 1.82) is 0 Å². The molecule has 0 spiro atoms. The molecule has 2 amide bonds. The van der Waals surface area contributed by atoms with Crippen LogP contribution in [0.5, 0.6) is 0 Å². The highest BCUT2D eigenvalue weighted by atomic mass is 16.5. The van der Waals surface area contributed by atoms with Crippen molar-refractivity contribution in [3.63, 3.8) is 0 Å². The van der Waals surface area contributed by atoms with Gasteiger partial charge in [0.2, 0.25) is 0 Å². The SMILES string of the molecule is Cc1noc(C)c1CNC(=O)NC(C)CC(=O)O. The van der Waals surface area contributed by atoms with E-state index in [0.717, 1.165) is 11.3 Å². The molecule has 7 nitrogen and oxygen atoms in total. The first-order chi connectivity index (χ1) is 8.40. The average Bonchev–Trinajstić information content (AvgIpc) is 2.54. The first kappa shape index (κ1) is 14.0. The number of aromatic nitrogens is 1. The van der Waals surface area contributed by atoms with Crippen LogP contribution in [0.3, 0.4) is 0 Å². The predicted octanol–water partition coefficient (Wildman–Crippen LogP) is 0.954. The molecule has 18 heavy (non-hydrogen) atoms. The largest absolute Gasteiger partial charge is 0.481 e. The third-order valence-corrected chi connectivity index (χ3v) is 2.47. The molecule has 0 aromatic carbocycles. The van der Waals surface area contributed by atoms with Gasteiger partial charge in [0, 0.05) is 18.2 Å². The van der Waals surface area contributed by atoms with E-state index in [1.54, 1.807) is 20.8 Å². The lowest BCUT2D eigenvalue weighted by molar-refractivity contribution is -0.137. The van der Waals surface area contributed by atoms with Gasteiger partial charge in [-0.25, -0.2) is 4.79 Å². The van der Waals surface area contributed by atoms with Gasteiger partial charge in [-0.2, -0.15) is 0 Å². The van der Waals surface area contributed by atoms with Gasteiger partial charge in [0.25, 0.3) is 0 Å². The maximum atomic E-state index is 11.5. The first-order valence-electron chi connectivity index (χ1n) is 5.58. The third kappa shape index (κ3) is 4.08. The number of nitrogens with one attached hydrogen (secondary N) is 2. The van der Waals surface area contributed by atoms with E-state index in [1.807, 2.05) is 0 Å². The average molecular weight is 255 g/mol. The highest BCUT2D eigenvalue weighted by Crippen LogP contribution is 2.11. The number of hydrogen-bond acceptors (Lipinski definition) is 4. The zero-order valence-electron chi connectivity index (χ0n) is 10.6. The standard InChI is InChI=1S/C11H17N3O4/c1-6(4-10(15)16)13-11(17)12-5-9-7(2)14-18-8(9)3/h6H,4-5H2,1-3H3,(H,15,16)(H2,12,13,17). The van der Waals surface area contributed by atoms with Crippen LogP contribution in [0.25, 0.3) is 0 Å². The van der Waals surface area contributed by atoms with E-state index in [4.69, 9.17) is 9.63 Å². The molecule has 0 aliphatic carbocycles. The Kier molecular flexibility index (Phi) is 4.70. The number of carboxylic acids is 1. The summed E-state index contributed by atoms with van der Waals surface area (Å²) in [6, 6.07) is -0.837. The third-order valence-electron chi connectivity index (χ3n) is 2.47. The summed E-state index contributed by atoms with van der Waals surface area (Å²) in [6.45, 7) is 5.48. The van der Waals surface area contributed by atoms with E-state index in [-0.39, 0.29) is 6.42 Å². The van der Waals surface area contributed by atoms with Gasteiger partial charge in [-0.1, -0.05) is 5.16 Å². The van der Waals surface area contributed by atoms with Gasteiger partial charge in [0.05, 0.1) is 12.1 Å². The zero-order valence-corrected chi connectivity index (χ0v) is 10.6. The summed E-state index contributed by atoms with van der Waals surface area (Å²) in [4.78, 5) is 21.9. The zero-order chi connectivity index (χ0) is 13.7. The number of urea groups is 1. The molecule has 0 radical (unpaired) electrons. The molecule has 1 aromatic heterocycles. The monoisotopic (exact) mass is 255 g/mol. The fourth-order valence-corrected chi connectivity index (χ4v) is 1.51. The highest BCUT2D eigenvalue weighted by Gasteiger charge is 2.13. The van der Waals surface area contributed by atoms with Crippen LogP contribution >= 0.6 is 0 Å². The summed E-state index contributed by atoms with van der Waals surface area (Å²) in [5, 5.41) is 17.5. The van der Waals surface area contributed by atoms with Crippen LogP contribution < -0.4 is 10.6 Å². The number of rotatable bonds is 5. The van der Waals surface area contributed by atoms with E-state index < -0.39 is 18.0 Å². The number of nitrogens with zero attached hydrogens (tertiary/aromatic N) is 1. The molecule has 0 aliphatic rings. The summed E-state index contributed by atoms with van der Waals surface area (Å²) in [5.41, 5.74) is 1.56. The van der Waals surface area contributed by atoms with Gasteiger partial charge in [0.15, 0.2) is 0 Å². The van der Waals surface area contributed by atoms with E-state index in [9.17, 15) is 9.59 Å². The molecule has 1 heterocycles. The van der Waals surface area contributed by atoms with Crippen LogP contribution in [0.4, 0.5) is 4.79 Å². The van der Waals surface area contributed by atoms with Crippen molar-refractivity contribution in [2.24, 2.45) is 0 Å². The van der Waals surface area contributed by atoms with E-state index in [2.05, 4.69) is 15.8 Å². The Morgan fingerprint density at radius 2 is 2.11 bits per heavy atom. The fraction of sp³-hybridized carbons (Fsp3) is 0.545. The Balaban J connectivity index is 2.40. The van der Waals surface area contributed by atoms with Gasteiger partial charge in [-0.05, 0) is 20.8 Å². The van der Waals surface area contributed by atoms with Crippen molar-refractivity contribution in [2.45, 2.75) is 39.8 Å². The van der Waals surface area contributed by atoms with Crippen molar-refractivity contribution < 1.29 is 19.2 Å². The second-order valence-corrected chi connectivity index (χ2v) is 4.13. The minimum absolute atomic E-state index is 0.112. The molecule has 1 atom stereocenters. The lowest BCUT2D eigenvalue weighted by atomic mass is 10.2. The molecule has 1 unspecified atom stereocenters. The Bertz CT molecular complexity index is 422. The van der Waals surface area contributed by atoms with Crippen molar-refractivity contribution in [3.8, 4) is 0 Å². The Morgan fingerprint density at radius 1 is 1.44 bits per heavy atom. The molecular formula is C11H17N3O4. The van der Waals surface area contributed by atoms with Crippen molar-refractivity contribution in [2.75, 3.05) is 0 Å².